The van der Waals surface area contributed by atoms with Gasteiger partial charge in [0.15, 0.2) is 10.8 Å². The van der Waals surface area contributed by atoms with Gasteiger partial charge in [0.1, 0.15) is 5.82 Å². The lowest BCUT2D eigenvalue weighted by Gasteiger charge is -2.13. The number of fused-ring (bicyclic) bond motifs is 1. The van der Waals surface area contributed by atoms with Crippen molar-refractivity contribution in [3.8, 4) is 0 Å². The van der Waals surface area contributed by atoms with Crippen LogP contribution in [0.15, 0.2) is 35.6 Å². The van der Waals surface area contributed by atoms with Gasteiger partial charge in [-0.25, -0.2) is 14.6 Å². The van der Waals surface area contributed by atoms with Crippen LogP contribution in [-0.4, -0.2) is 44.0 Å². The summed E-state index contributed by atoms with van der Waals surface area (Å²) in [4.78, 5) is 21.6. The number of hydrogen-bond donors (Lipinski definition) is 2. The van der Waals surface area contributed by atoms with E-state index >= 15 is 0 Å². The Morgan fingerprint density at radius 2 is 1.94 bits per heavy atom. The number of nitrogens with zero attached hydrogens (tertiary/aromatic N) is 4. The molecule has 0 atom stereocenters. The van der Waals surface area contributed by atoms with Crippen LogP contribution in [0.5, 0.6) is 0 Å². The number of rotatable bonds is 9. The topological polar surface area (TPSA) is 84.7 Å². The average Bonchev–Trinajstić information content (AvgIpc) is 3.14. The first-order valence-corrected chi connectivity index (χ1v) is 11.2. The lowest BCUT2D eigenvalue weighted by Crippen LogP contribution is -2.29. The number of nitrogens with one attached hydrogen (secondary N) is 2. The molecule has 0 saturated carbocycles. The van der Waals surface area contributed by atoms with Crippen molar-refractivity contribution in [3.63, 3.8) is 0 Å². The number of carbonyl (C=O) groups is 1. The second-order valence-corrected chi connectivity index (χ2v) is 8.90. The van der Waals surface area contributed by atoms with E-state index in [1.54, 1.807) is 10.9 Å². The van der Waals surface area contributed by atoms with Gasteiger partial charge in [0.25, 0.3) is 5.91 Å². The van der Waals surface area contributed by atoms with Gasteiger partial charge in [0.05, 0.1) is 29.3 Å². The molecule has 7 nitrogen and oxygen atoms in total. The Labute approximate surface area is 188 Å². The van der Waals surface area contributed by atoms with E-state index in [-0.39, 0.29) is 18.3 Å². The zero-order chi connectivity index (χ0) is 23.3. The summed E-state index contributed by atoms with van der Waals surface area (Å²) in [5.41, 5.74) is -0.766. The highest BCUT2D eigenvalue weighted by molar-refractivity contribution is 7.99. The number of thioether (sulfide) groups is 1. The van der Waals surface area contributed by atoms with Crippen molar-refractivity contribution in [2.45, 2.75) is 50.3 Å². The van der Waals surface area contributed by atoms with E-state index in [0.29, 0.717) is 16.6 Å². The molecular weight excluding hydrogens is 441 g/mol. The summed E-state index contributed by atoms with van der Waals surface area (Å²) < 4.78 is 41.1. The molecule has 11 heteroatoms. The number of carbonyl (C=O) groups excluding carboxylic acids is 1. The Balaban J connectivity index is 1.77. The molecule has 3 rings (SSSR count). The first-order valence-electron chi connectivity index (χ1n) is 10.3. The highest BCUT2D eigenvalue weighted by Crippen LogP contribution is 2.31. The van der Waals surface area contributed by atoms with E-state index < -0.39 is 23.2 Å². The number of hydrogen-bond acceptors (Lipinski definition) is 6. The van der Waals surface area contributed by atoms with E-state index in [9.17, 15) is 18.0 Å². The van der Waals surface area contributed by atoms with E-state index in [0.717, 1.165) is 30.5 Å². The predicted molar refractivity (Wildman–Crippen MR) is 119 cm³/mol. The lowest BCUT2D eigenvalue weighted by atomic mass is 10.1. The number of aromatic nitrogens is 4. The largest absolute Gasteiger partial charge is 0.417 e. The number of anilines is 1. The predicted octanol–water partition coefficient (Wildman–Crippen LogP) is 4.60. The molecule has 32 heavy (non-hydrogen) atoms. The van der Waals surface area contributed by atoms with Crippen LogP contribution in [0.25, 0.3) is 11.0 Å². The number of halogens is 3. The zero-order valence-corrected chi connectivity index (χ0v) is 18.8. The molecule has 0 aliphatic rings. The third kappa shape index (κ3) is 5.70. The van der Waals surface area contributed by atoms with Crippen molar-refractivity contribution in [2.75, 3.05) is 18.4 Å². The smallest absolute Gasteiger partial charge is 0.369 e. The molecule has 0 spiro atoms. The molecule has 2 aromatic heterocycles. The molecular formula is C21H25F3N6OS. The minimum absolute atomic E-state index is 0.0934. The van der Waals surface area contributed by atoms with Gasteiger partial charge in [-0.3, -0.25) is 4.79 Å². The van der Waals surface area contributed by atoms with Crippen LogP contribution in [0, 0.1) is 0 Å². The molecule has 2 N–H and O–H groups in total. The van der Waals surface area contributed by atoms with Crippen LogP contribution in [0.2, 0.25) is 0 Å². The van der Waals surface area contributed by atoms with E-state index in [4.69, 9.17) is 0 Å². The van der Waals surface area contributed by atoms with Gasteiger partial charge in [-0.15, -0.1) is 0 Å². The second kappa shape index (κ2) is 10.2. The summed E-state index contributed by atoms with van der Waals surface area (Å²) in [6, 6.07) is 4.72. The van der Waals surface area contributed by atoms with Crippen molar-refractivity contribution in [1.82, 2.24) is 25.1 Å². The molecule has 0 bridgehead atoms. The van der Waals surface area contributed by atoms with Gasteiger partial charge in [-0.2, -0.15) is 18.3 Å². The second-order valence-electron chi connectivity index (χ2n) is 7.35. The van der Waals surface area contributed by atoms with Gasteiger partial charge in [0.2, 0.25) is 0 Å². The third-order valence-electron chi connectivity index (χ3n) is 4.45. The minimum atomic E-state index is -4.60. The quantitative estimate of drug-likeness (QED) is 0.354. The van der Waals surface area contributed by atoms with Crippen LogP contribution in [0.3, 0.4) is 0 Å². The molecule has 1 aromatic carbocycles. The minimum Gasteiger partial charge on any atom is -0.369 e. The SMILES string of the molecule is CCCNc1nc(SC(C)C)nc2c1cnn2CCNC(=O)c1ccccc1C(F)(F)F. The highest BCUT2D eigenvalue weighted by atomic mass is 32.2. The first kappa shape index (κ1) is 23.8. The van der Waals surface area contributed by atoms with Crippen LogP contribution in [0.4, 0.5) is 19.0 Å². The maximum Gasteiger partial charge on any atom is 0.417 e. The molecule has 0 saturated heterocycles. The van der Waals surface area contributed by atoms with E-state index in [1.165, 1.54) is 23.9 Å². The van der Waals surface area contributed by atoms with Crippen LogP contribution < -0.4 is 10.6 Å². The standard InChI is InChI=1S/C21H25F3N6OS/c1-4-9-25-17-15-12-27-30(18(15)29-20(28-17)32-13(2)3)11-10-26-19(31)14-7-5-6-8-16(14)21(22,23)24/h5-8,12-13H,4,9-11H2,1-3H3,(H,26,31)(H,25,28,29). The van der Waals surface area contributed by atoms with Gasteiger partial charge < -0.3 is 10.6 Å². The molecule has 0 unspecified atom stereocenters. The van der Waals surface area contributed by atoms with Crippen LogP contribution in [-0.2, 0) is 12.7 Å². The summed E-state index contributed by atoms with van der Waals surface area (Å²) in [6.45, 7) is 7.23. The average molecular weight is 467 g/mol. The molecule has 172 valence electrons. The summed E-state index contributed by atoms with van der Waals surface area (Å²) in [7, 11) is 0. The maximum atomic E-state index is 13.2. The zero-order valence-electron chi connectivity index (χ0n) is 18.0. The third-order valence-corrected chi connectivity index (χ3v) is 5.31. The number of amides is 1. The molecule has 3 aromatic rings. The van der Waals surface area contributed by atoms with Gasteiger partial charge >= 0.3 is 6.18 Å². The summed E-state index contributed by atoms with van der Waals surface area (Å²) >= 11 is 1.52. The van der Waals surface area contributed by atoms with Crippen molar-refractivity contribution in [2.24, 2.45) is 0 Å². The maximum absolute atomic E-state index is 13.2. The fourth-order valence-corrected chi connectivity index (χ4v) is 3.74. The van der Waals surface area contributed by atoms with Crippen LogP contribution in [0.1, 0.15) is 43.1 Å². The van der Waals surface area contributed by atoms with Crippen molar-refractivity contribution >= 4 is 34.5 Å². The normalized spacial score (nSPS) is 11.8. The van der Waals surface area contributed by atoms with Gasteiger partial charge in [0, 0.05) is 18.3 Å². The highest BCUT2D eigenvalue weighted by Gasteiger charge is 2.34. The van der Waals surface area contributed by atoms with E-state index in [2.05, 4.69) is 32.6 Å². The Hall–Kier alpha value is -2.82. The van der Waals surface area contributed by atoms with Crippen molar-refractivity contribution < 1.29 is 18.0 Å². The van der Waals surface area contributed by atoms with Gasteiger partial charge in [-0.1, -0.05) is 44.7 Å². The molecule has 0 radical (unpaired) electrons. The molecule has 2 heterocycles. The number of alkyl halides is 3. The molecule has 1 amide bonds. The van der Waals surface area contributed by atoms with Gasteiger partial charge in [-0.05, 0) is 18.6 Å². The Morgan fingerprint density at radius 1 is 1.19 bits per heavy atom. The molecule has 0 aliphatic carbocycles. The number of benzene rings is 1. The summed E-state index contributed by atoms with van der Waals surface area (Å²) in [5, 5.41) is 11.8. The fraction of sp³-hybridized carbons (Fsp3) is 0.429. The molecule has 0 aliphatic heterocycles. The van der Waals surface area contributed by atoms with E-state index in [1.807, 2.05) is 13.8 Å². The first-order chi connectivity index (χ1) is 15.2. The van der Waals surface area contributed by atoms with Crippen molar-refractivity contribution in [1.29, 1.82) is 0 Å². The fourth-order valence-electron chi connectivity index (χ4n) is 3.04. The monoisotopic (exact) mass is 466 g/mol. The Bertz CT molecular complexity index is 1080. The lowest BCUT2D eigenvalue weighted by molar-refractivity contribution is -0.137. The summed E-state index contributed by atoms with van der Waals surface area (Å²) in [5.74, 6) is -0.0974. The van der Waals surface area contributed by atoms with Crippen LogP contribution >= 0.6 is 11.8 Å². The molecule has 0 fully saturated rings. The van der Waals surface area contributed by atoms with Crippen molar-refractivity contribution in [3.05, 3.63) is 41.6 Å². The summed E-state index contributed by atoms with van der Waals surface area (Å²) in [6.07, 6.45) is -2.02. The Kier molecular flexibility index (Phi) is 7.60. The Morgan fingerprint density at radius 3 is 2.62 bits per heavy atom.